The van der Waals surface area contributed by atoms with Gasteiger partial charge in [0, 0.05) is 30.8 Å². The molecule has 2 aromatic rings. The summed E-state index contributed by atoms with van der Waals surface area (Å²) < 4.78 is 0. The van der Waals surface area contributed by atoms with Crippen LogP contribution in [-0.2, 0) is 0 Å². The van der Waals surface area contributed by atoms with Crippen molar-refractivity contribution >= 4 is 11.6 Å². The van der Waals surface area contributed by atoms with E-state index >= 15 is 0 Å². The van der Waals surface area contributed by atoms with Crippen molar-refractivity contribution in [2.24, 2.45) is 11.7 Å². The second-order valence-electron chi connectivity index (χ2n) is 7.58. The van der Waals surface area contributed by atoms with Crippen LogP contribution in [0, 0.1) is 5.92 Å². The summed E-state index contributed by atoms with van der Waals surface area (Å²) in [4.78, 5) is 12.5. The largest absolute Gasteiger partial charge is 0.506 e. The van der Waals surface area contributed by atoms with E-state index in [1.165, 1.54) is 11.6 Å². The molecule has 1 amide bonds. The molecule has 3 atom stereocenters. The smallest absolute Gasteiger partial charge is 0.255 e. The Labute approximate surface area is 177 Å². The number of hydrogen-bond acceptors (Lipinski definition) is 5. The summed E-state index contributed by atoms with van der Waals surface area (Å²) in [5.41, 5.74) is 9.03. The monoisotopic (exact) mass is 407 g/mol. The summed E-state index contributed by atoms with van der Waals surface area (Å²) in [5, 5.41) is 25.5. The van der Waals surface area contributed by atoms with Crippen LogP contribution in [0.4, 0.5) is 5.69 Å². The Balaban J connectivity index is 1.64. The fraction of sp³-hybridized carbons (Fsp3) is 0.292. The van der Waals surface area contributed by atoms with Gasteiger partial charge in [0.25, 0.3) is 5.91 Å². The lowest BCUT2D eigenvalue weighted by atomic mass is 9.93. The number of nitrogens with one attached hydrogen (secondary N) is 2. The lowest BCUT2D eigenvalue weighted by Crippen LogP contribution is -2.29. The van der Waals surface area contributed by atoms with E-state index in [1.54, 1.807) is 30.3 Å². The molecule has 1 aliphatic rings. The van der Waals surface area contributed by atoms with Gasteiger partial charge in [0.2, 0.25) is 0 Å². The SMILES string of the molecule is CC1C=C(CNC(CCO)c2ccc(C(=O)Nc3ccccc3O)cc2)C=CC1N. The molecule has 0 saturated carbocycles. The van der Waals surface area contributed by atoms with Crippen molar-refractivity contribution in [3.8, 4) is 5.75 Å². The Bertz CT molecular complexity index is 922. The fourth-order valence-corrected chi connectivity index (χ4v) is 3.43. The zero-order valence-corrected chi connectivity index (χ0v) is 17.1. The lowest BCUT2D eigenvalue weighted by Gasteiger charge is -2.22. The molecule has 0 aromatic heterocycles. The molecule has 0 bridgehead atoms. The first-order valence-electron chi connectivity index (χ1n) is 10.2. The number of aromatic hydroxyl groups is 1. The predicted molar refractivity (Wildman–Crippen MR) is 119 cm³/mol. The first-order valence-corrected chi connectivity index (χ1v) is 10.2. The van der Waals surface area contributed by atoms with Gasteiger partial charge in [-0.15, -0.1) is 0 Å². The van der Waals surface area contributed by atoms with Crippen molar-refractivity contribution in [1.29, 1.82) is 0 Å². The molecule has 2 aromatic carbocycles. The van der Waals surface area contributed by atoms with Gasteiger partial charge in [0.05, 0.1) is 5.69 Å². The van der Waals surface area contributed by atoms with E-state index in [-0.39, 0.29) is 30.3 Å². The molecule has 3 unspecified atom stereocenters. The van der Waals surface area contributed by atoms with Crippen LogP contribution in [0.25, 0.3) is 0 Å². The summed E-state index contributed by atoms with van der Waals surface area (Å²) in [7, 11) is 0. The summed E-state index contributed by atoms with van der Waals surface area (Å²) in [6.45, 7) is 2.83. The van der Waals surface area contributed by atoms with Crippen LogP contribution >= 0.6 is 0 Å². The molecule has 0 spiro atoms. The molecule has 6 heteroatoms. The van der Waals surface area contributed by atoms with Crippen molar-refractivity contribution in [3.63, 3.8) is 0 Å². The number of rotatable bonds is 8. The highest BCUT2D eigenvalue weighted by molar-refractivity contribution is 6.05. The molecule has 0 saturated heterocycles. The normalized spacial score (nSPS) is 19.2. The molecule has 6 N–H and O–H groups in total. The number of anilines is 1. The van der Waals surface area contributed by atoms with Crippen molar-refractivity contribution in [2.45, 2.75) is 25.4 Å². The number of aliphatic hydroxyl groups excluding tert-OH is 1. The van der Waals surface area contributed by atoms with E-state index in [9.17, 15) is 15.0 Å². The van der Waals surface area contributed by atoms with Crippen LogP contribution in [0.3, 0.4) is 0 Å². The van der Waals surface area contributed by atoms with E-state index in [0.717, 1.165) is 5.56 Å². The summed E-state index contributed by atoms with van der Waals surface area (Å²) >= 11 is 0. The number of para-hydroxylation sites is 2. The number of carbonyl (C=O) groups is 1. The molecule has 0 aliphatic heterocycles. The van der Waals surface area contributed by atoms with Crippen LogP contribution in [-0.4, -0.2) is 35.3 Å². The van der Waals surface area contributed by atoms with Crippen LogP contribution < -0.4 is 16.4 Å². The van der Waals surface area contributed by atoms with Gasteiger partial charge in [0.1, 0.15) is 5.75 Å². The third-order valence-corrected chi connectivity index (χ3v) is 5.31. The summed E-state index contributed by atoms with van der Waals surface area (Å²) in [5.74, 6) is 0.0264. The Kier molecular flexibility index (Phi) is 7.41. The maximum absolute atomic E-state index is 12.5. The number of nitrogens with two attached hydrogens (primary N) is 1. The van der Waals surface area contributed by atoms with Gasteiger partial charge in [-0.25, -0.2) is 0 Å². The van der Waals surface area contributed by atoms with Crippen LogP contribution in [0.15, 0.2) is 72.3 Å². The highest BCUT2D eigenvalue weighted by atomic mass is 16.3. The van der Waals surface area contributed by atoms with Crippen LogP contribution in [0.2, 0.25) is 0 Å². The summed E-state index contributed by atoms with van der Waals surface area (Å²) in [6, 6.07) is 13.9. The van der Waals surface area contributed by atoms with Gasteiger partial charge in [-0.3, -0.25) is 4.79 Å². The van der Waals surface area contributed by atoms with E-state index in [2.05, 4.69) is 23.6 Å². The highest BCUT2D eigenvalue weighted by Crippen LogP contribution is 2.23. The topological polar surface area (TPSA) is 108 Å². The third kappa shape index (κ3) is 5.57. The predicted octanol–water partition coefficient (Wildman–Crippen LogP) is 3.12. The van der Waals surface area contributed by atoms with Crippen molar-refractivity contribution in [1.82, 2.24) is 5.32 Å². The first kappa shape index (κ1) is 21.8. The van der Waals surface area contributed by atoms with Crippen molar-refractivity contribution in [2.75, 3.05) is 18.5 Å². The zero-order valence-electron chi connectivity index (χ0n) is 17.1. The Morgan fingerprint density at radius 3 is 2.57 bits per heavy atom. The second-order valence-corrected chi connectivity index (χ2v) is 7.58. The fourth-order valence-electron chi connectivity index (χ4n) is 3.43. The Morgan fingerprint density at radius 2 is 1.90 bits per heavy atom. The Hall–Kier alpha value is -2.93. The first-order chi connectivity index (χ1) is 14.5. The lowest BCUT2D eigenvalue weighted by molar-refractivity contribution is 0.102. The maximum Gasteiger partial charge on any atom is 0.255 e. The zero-order chi connectivity index (χ0) is 21.5. The minimum atomic E-state index is -0.294. The molecule has 0 heterocycles. The number of aliphatic hydroxyl groups is 1. The van der Waals surface area contributed by atoms with Crippen LogP contribution in [0.1, 0.15) is 35.3 Å². The molecule has 1 aliphatic carbocycles. The number of hydrogen-bond donors (Lipinski definition) is 5. The van der Waals surface area contributed by atoms with E-state index < -0.39 is 0 Å². The number of carbonyl (C=O) groups excluding carboxylic acids is 1. The quantitative estimate of drug-likeness (QED) is 0.432. The van der Waals surface area contributed by atoms with E-state index in [1.807, 2.05) is 24.3 Å². The molecule has 6 nitrogen and oxygen atoms in total. The van der Waals surface area contributed by atoms with Gasteiger partial charge < -0.3 is 26.6 Å². The molecule has 0 radical (unpaired) electrons. The standard InChI is InChI=1S/C24H29N3O3/c1-16-14-17(6-11-20(16)25)15-26-21(12-13-28)18-7-9-19(10-8-18)24(30)27-22-4-2-3-5-23(22)29/h2-11,14,16,20-21,26,28-29H,12-13,15,25H2,1H3,(H,27,30). The summed E-state index contributed by atoms with van der Waals surface area (Å²) in [6.07, 6.45) is 6.79. The average Bonchev–Trinajstić information content (AvgIpc) is 2.75. The molecular weight excluding hydrogens is 378 g/mol. The highest BCUT2D eigenvalue weighted by Gasteiger charge is 2.16. The van der Waals surface area contributed by atoms with Crippen LogP contribution in [0.5, 0.6) is 5.75 Å². The van der Waals surface area contributed by atoms with Gasteiger partial charge in [-0.2, -0.15) is 0 Å². The third-order valence-electron chi connectivity index (χ3n) is 5.31. The number of phenols is 1. The van der Waals surface area contributed by atoms with E-state index in [4.69, 9.17) is 5.73 Å². The molecule has 30 heavy (non-hydrogen) atoms. The molecule has 158 valence electrons. The molecular formula is C24H29N3O3. The van der Waals surface area contributed by atoms with E-state index in [0.29, 0.717) is 30.1 Å². The van der Waals surface area contributed by atoms with Gasteiger partial charge >= 0.3 is 0 Å². The van der Waals surface area contributed by atoms with Gasteiger partial charge in [0.15, 0.2) is 0 Å². The molecule has 0 fully saturated rings. The minimum Gasteiger partial charge on any atom is -0.506 e. The Morgan fingerprint density at radius 1 is 1.17 bits per heavy atom. The van der Waals surface area contributed by atoms with Crippen molar-refractivity contribution in [3.05, 3.63) is 83.5 Å². The average molecular weight is 408 g/mol. The number of phenolic OH excluding ortho intramolecular Hbond substituents is 1. The number of benzene rings is 2. The second kappa shape index (κ2) is 10.2. The molecule has 3 rings (SSSR count). The number of amides is 1. The maximum atomic E-state index is 12.5. The van der Waals surface area contributed by atoms with Gasteiger partial charge in [-0.1, -0.05) is 49.4 Å². The van der Waals surface area contributed by atoms with Crippen molar-refractivity contribution < 1.29 is 15.0 Å². The van der Waals surface area contributed by atoms with Gasteiger partial charge in [-0.05, 0) is 47.7 Å². The minimum absolute atomic E-state index is 0.0241.